The van der Waals surface area contributed by atoms with Gasteiger partial charge in [-0.25, -0.2) is 4.79 Å². The molecular weight excluding hydrogens is 458 g/mol. The fraction of sp³-hybridized carbons (Fsp3) is 0.286. The van der Waals surface area contributed by atoms with Crippen LogP contribution in [0.3, 0.4) is 0 Å². The van der Waals surface area contributed by atoms with Crippen LogP contribution >= 0.6 is 0 Å². The van der Waals surface area contributed by atoms with E-state index in [-0.39, 0.29) is 16.8 Å². The van der Waals surface area contributed by atoms with E-state index in [1.165, 1.54) is 16.8 Å². The van der Waals surface area contributed by atoms with Gasteiger partial charge in [0.05, 0.1) is 17.5 Å². The normalized spacial score (nSPS) is 12.4. The minimum atomic E-state index is -5.92. The van der Waals surface area contributed by atoms with Crippen molar-refractivity contribution in [1.82, 2.24) is 4.68 Å². The first-order chi connectivity index (χ1) is 15.3. The lowest BCUT2D eigenvalue weighted by atomic mass is 9.99. The first-order valence-corrected chi connectivity index (χ1v) is 9.48. The second-order valence-electron chi connectivity index (χ2n) is 7.10. The first-order valence-electron chi connectivity index (χ1n) is 9.48. The van der Waals surface area contributed by atoms with E-state index in [4.69, 9.17) is 0 Å². The van der Waals surface area contributed by atoms with Crippen LogP contribution in [-0.4, -0.2) is 34.9 Å². The van der Waals surface area contributed by atoms with Crippen molar-refractivity contribution < 1.29 is 45.5 Å². The van der Waals surface area contributed by atoms with Crippen molar-refractivity contribution in [2.24, 2.45) is 0 Å². The van der Waals surface area contributed by atoms with E-state index in [1.807, 2.05) is 0 Å². The monoisotopic (exact) mass is 474 g/mol. The summed E-state index contributed by atoms with van der Waals surface area (Å²) in [5.74, 6) is -3.07. The van der Waals surface area contributed by atoms with Crippen molar-refractivity contribution in [3.8, 4) is 0 Å². The average molecular weight is 474 g/mol. The zero-order valence-corrected chi connectivity index (χ0v) is 17.1. The van der Waals surface area contributed by atoms with Gasteiger partial charge in [0, 0.05) is 5.56 Å². The number of hydrogen-bond acceptors (Lipinski definition) is 4. The van der Waals surface area contributed by atoms with Gasteiger partial charge in [-0.3, -0.25) is 4.79 Å². The molecule has 6 nitrogen and oxygen atoms in total. The Morgan fingerprint density at radius 3 is 2.15 bits per heavy atom. The summed E-state index contributed by atoms with van der Waals surface area (Å²) < 4.78 is 81.8. The number of benzene rings is 2. The minimum Gasteiger partial charge on any atom is -0.595 e. The molecule has 0 bridgehead atoms. The Balaban J connectivity index is 2.11. The molecule has 0 N–H and O–H groups in total. The van der Waals surface area contributed by atoms with Gasteiger partial charge in [0.2, 0.25) is 0 Å². The molecule has 33 heavy (non-hydrogen) atoms. The Morgan fingerprint density at radius 2 is 1.61 bits per heavy atom. The standard InChI is InChI=1S/C21H16F6N2O4/c1-3-28-15-9-8-11(2)10-14(15)16(29(28)32)17(30)12-6-4-5-7-13(12)18(31)33-19(20(22,23)24)21(25,26)27/h4-10,19H,3H2,1-2H3. The van der Waals surface area contributed by atoms with Crippen LogP contribution in [-0.2, 0) is 11.3 Å². The molecule has 2 aromatic carbocycles. The maximum atomic E-state index is 13.2. The van der Waals surface area contributed by atoms with Crippen molar-refractivity contribution >= 4 is 22.7 Å². The molecule has 0 atom stereocenters. The Hall–Kier alpha value is -3.57. The topological polar surface area (TPSA) is 75.2 Å². The third-order valence-electron chi connectivity index (χ3n) is 4.82. The van der Waals surface area contributed by atoms with Crippen LogP contribution in [0.1, 0.15) is 38.9 Å². The fourth-order valence-corrected chi connectivity index (χ4v) is 3.37. The molecule has 1 aromatic heterocycles. The number of nitrogens with zero attached hydrogens (tertiary/aromatic N) is 2. The lowest BCUT2D eigenvalue weighted by Gasteiger charge is -2.23. The second kappa shape index (κ2) is 8.41. The van der Waals surface area contributed by atoms with Crippen molar-refractivity contribution in [2.75, 3.05) is 0 Å². The van der Waals surface area contributed by atoms with Gasteiger partial charge in [0.15, 0.2) is 0 Å². The maximum absolute atomic E-state index is 13.2. The lowest BCUT2D eigenvalue weighted by Crippen LogP contribution is -2.45. The van der Waals surface area contributed by atoms with Crippen LogP contribution < -0.4 is 4.85 Å². The largest absolute Gasteiger partial charge is 0.595 e. The smallest absolute Gasteiger partial charge is 0.434 e. The van der Waals surface area contributed by atoms with E-state index in [9.17, 15) is 41.1 Å². The number of aromatic nitrogens is 2. The highest BCUT2D eigenvalue weighted by atomic mass is 19.4. The van der Waals surface area contributed by atoms with E-state index in [0.29, 0.717) is 11.1 Å². The van der Waals surface area contributed by atoms with Gasteiger partial charge in [-0.2, -0.15) is 26.3 Å². The molecule has 0 amide bonds. The van der Waals surface area contributed by atoms with Gasteiger partial charge in [-0.1, -0.05) is 28.6 Å². The van der Waals surface area contributed by atoms with Gasteiger partial charge >= 0.3 is 18.3 Å². The lowest BCUT2D eigenvalue weighted by molar-refractivity contribution is -0.692. The maximum Gasteiger partial charge on any atom is 0.434 e. The molecule has 0 aliphatic heterocycles. The number of carbonyl (C=O) groups is 2. The zero-order valence-electron chi connectivity index (χ0n) is 17.1. The number of esters is 1. The number of fused-ring (bicyclic) bond motifs is 1. The Bertz CT molecular complexity index is 1220. The molecule has 1 heterocycles. The molecule has 0 spiro atoms. The predicted molar refractivity (Wildman–Crippen MR) is 102 cm³/mol. The summed E-state index contributed by atoms with van der Waals surface area (Å²) in [5, 5.41) is 13.0. The van der Waals surface area contributed by atoms with Gasteiger partial charge < -0.3 is 9.94 Å². The van der Waals surface area contributed by atoms with Crippen LogP contribution in [0.5, 0.6) is 0 Å². The number of hydrogen-bond donors (Lipinski definition) is 0. The molecule has 0 fully saturated rings. The predicted octanol–water partition coefficient (Wildman–Crippen LogP) is 4.48. The molecule has 3 aromatic rings. The Morgan fingerprint density at radius 1 is 1.03 bits per heavy atom. The molecule has 176 valence electrons. The highest BCUT2D eigenvalue weighted by Crippen LogP contribution is 2.36. The number of aryl methyl sites for hydroxylation is 2. The summed E-state index contributed by atoms with van der Waals surface area (Å²) in [6, 6.07) is 9.06. The SMILES string of the molecule is CCn1c2ccc(C)cc2c(C(=O)c2ccccc2C(=O)OC(C(F)(F)F)C(F)(F)F)[n+]1[O-]. The number of ketones is 1. The molecule has 0 aliphatic rings. The summed E-state index contributed by atoms with van der Waals surface area (Å²) in [5.41, 5.74) is -0.774. The average Bonchev–Trinajstić information content (AvgIpc) is 2.99. The molecule has 12 heteroatoms. The van der Waals surface area contributed by atoms with Gasteiger partial charge in [0.1, 0.15) is 5.52 Å². The van der Waals surface area contributed by atoms with E-state index < -0.39 is 47.0 Å². The third kappa shape index (κ3) is 4.50. The quantitative estimate of drug-likeness (QED) is 0.180. The first kappa shape index (κ1) is 24.1. The van der Waals surface area contributed by atoms with E-state index in [2.05, 4.69) is 4.74 Å². The second-order valence-corrected chi connectivity index (χ2v) is 7.10. The van der Waals surface area contributed by atoms with Crippen LogP contribution in [0.15, 0.2) is 42.5 Å². The summed E-state index contributed by atoms with van der Waals surface area (Å²) in [6.45, 7) is 3.51. The van der Waals surface area contributed by atoms with Crippen LogP contribution in [0.4, 0.5) is 26.3 Å². The number of alkyl halides is 6. The van der Waals surface area contributed by atoms with E-state index in [0.717, 1.165) is 18.2 Å². The number of rotatable bonds is 5. The van der Waals surface area contributed by atoms with Crippen molar-refractivity contribution in [3.63, 3.8) is 0 Å². The molecule has 0 aliphatic carbocycles. The summed E-state index contributed by atoms with van der Waals surface area (Å²) in [4.78, 5) is 25.8. The van der Waals surface area contributed by atoms with Crippen LogP contribution in [0.2, 0.25) is 0 Å². The van der Waals surface area contributed by atoms with E-state index in [1.54, 1.807) is 26.0 Å². The van der Waals surface area contributed by atoms with Crippen LogP contribution in [0.25, 0.3) is 10.9 Å². The van der Waals surface area contributed by atoms with Gasteiger partial charge in [-0.05, 0) is 38.1 Å². The number of carbonyl (C=O) groups excluding carboxylic acids is 2. The Kier molecular flexibility index (Phi) is 6.14. The highest BCUT2D eigenvalue weighted by molar-refractivity contribution is 6.17. The van der Waals surface area contributed by atoms with Crippen molar-refractivity contribution in [2.45, 2.75) is 38.8 Å². The van der Waals surface area contributed by atoms with E-state index >= 15 is 0 Å². The molecule has 3 rings (SSSR count). The minimum absolute atomic E-state index is 0.166. The molecule has 0 radical (unpaired) electrons. The number of halogens is 6. The molecule has 0 saturated carbocycles. The third-order valence-corrected chi connectivity index (χ3v) is 4.82. The van der Waals surface area contributed by atoms with Gasteiger partial charge in [-0.15, -0.1) is 4.68 Å². The van der Waals surface area contributed by atoms with Gasteiger partial charge in [0.25, 0.3) is 17.6 Å². The fourth-order valence-electron chi connectivity index (χ4n) is 3.37. The molecule has 0 unspecified atom stereocenters. The molecular formula is C21H16F6N2O4. The number of ether oxygens (including phenoxy) is 1. The zero-order chi connectivity index (χ0) is 24.7. The molecule has 0 saturated heterocycles. The van der Waals surface area contributed by atoms with Crippen LogP contribution in [0, 0.1) is 12.1 Å². The summed E-state index contributed by atoms with van der Waals surface area (Å²) in [7, 11) is 0. The van der Waals surface area contributed by atoms with Crippen molar-refractivity contribution in [1.29, 1.82) is 0 Å². The summed E-state index contributed by atoms with van der Waals surface area (Å²) >= 11 is 0. The highest BCUT2D eigenvalue weighted by Gasteiger charge is 2.60. The Labute approximate surface area is 182 Å². The van der Waals surface area contributed by atoms with Crippen molar-refractivity contribution in [3.05, 3.63) is 70.1 Å². The summed E-state index contributed by atoms with van der Waals surface area (Å²) in [6.07, 6.45) is -16.2.